The Morgan fingerprint density at radius 1 is 1.17 bits per heavy atom. The summed E-state index contributed by atoms with van der Waals surface area (Å²) in [7, 11) is 1.64. The molecule has 1 aliphatic heterocycles. The number of piperidine rings is 1. The molecule has 29 heavy (non-hydrogen) atoms. The van der Waals surface area contributed by atoms with E-state index in [1.165, 1.54) is 0 Å². The molecule has 150 valence electrons. The van der Waals surface area contributed by atoms with Crippen molar-refractivity contribution in [1.29, 1.82) is 0 Å². The highest BCUT2D eigenvalue weighted by Crippen LogP contribution is 2.29. The Labute approximate surface area is 178 Å². The highest BCUT2D eigenvalue weighted by molar-refractivity contribution is 6.43. The number of hydrogen-bond acceptors (Lipinski definition) is 5. The number of halogens is 2. The molecular weight excluding hydrogens is 411 g/mol. The second-order valence-corrected chi connectivity index (χ2v) is 7.70. The molecule has 1 saturated heterocycles. The van der Waals surface area contributed by atoms with Crippen LogP contribution >= 0.6 is 23.2 Å². The number of methoxy groups -OCH3 is 1. The molecular formula is C21H20Cl2N4O2. The summed E-state index contributed by atoms with van der Waals surface area (Å²) in [5.74, 6) is 1.47. The summed E-state index contributed by atoms with van der Waals surface area (Å²) in [5, 5.41) is 4.72. The van der Waals surface area contributed by atoms with Gasteiger partial charge in [-0.2, -0.15) is 0 Å². The van der Waals surface area contributed by atoms with Gasteiger partial charge < -0.3 is 15.0 Å². The number of carbonyl (C=O) groups excluding carboxylic acids is 1. The van der Waals surface area contributed by atoms with E-state index in [1.54, 1.807) is 31.6 Å². The standard InChI is InChI=1S/C21H20Cl2N4O2/c1-29-14-5-6-15-18(11-14)24-12-25-20(15)27-9-7-13(8-10-27)26-21(28)16-3-2-4-17(22)19(16)23/h2-6,11-13H,7-10H2,1H3,(H,26,28). The van der Waals surface area contributed by atoms with Crippen LogP contribution in [0.15, 0.2) is 42.7 Å². The van der Waals surface area contributed by atoms with Crippen molar-refractivity contribution in [1.82, 2.24) is 15.3 Å². The van der Waals surface area contributed by atoms with Crippen molar-refractivity contribution in [3.8, 4) is 5.75 Å². The molecule has 6 nitrogen and oxygen atoms in total. The predicted octanol–water partition coefficient (Wildman–Crippen LogP) is 4.34. The van der Waals surface area contributed by atoms with Gasteiger partial charge in [0.1, 0.15) is 17.9 Å². The lowest BCUT2D eigenvalue weighted by Gasteiger charge is -2.33. The van der Waals surface area contributed by atoms with Crippen LogP contribution in [0, 0.1) is 0 Å². The van der Waals surface area contributed by atoms with Crippen LogP contribution in [0.3, 0.4) is 0 Å². The third-order valence-corrected chi connectivity index (χ3v) is 5.97. The third kappa shape index (κ3) is 4.09. The summed E-state index contributed by atoms with van der Waals surface area (Å²) in [5.41, 5.74) is 1.25. The third-order valence-electron chi connectivity index (χ3n) is 5.15. The van der Waals surface area contributed by atoms with Crippen LogP contribution < -0.4 is 15.0 Å². The molecule has 0 radical (unpaired) electrons. The first-order valence-electron chi connectivity index (χ1n) is 9.35. The fourth-order valence-electron chi connectivity index (χ4n) is 3.58. The molecule has 3 aromatic rings. The summed E-state index contributed by atoms with van der Waals surface area (Å²) >= 11 is 12.2. The average Bonchev–Trinajstić information content (AvgIpc) is 2.75. The number of amides is 1. The first kappa shape index (κ1) is 19.7. The van der Waals surface area contributed by atoms with Gasteiger partial charge in [-0.1, -0.05) is 29.3 Å². The Bertz CT molecular complexity index is 1050. The monoisotopic (exact) mass is 430 g/mol. The van der Waals surface area contributed by atoms with E-state index >= 15 is 0 Å². The van der Waals surface area contributed by atoms with Gasteiger partial charge in [-0.3, -0.25) is 4.79 Å². The highest BCUT2D eigenvalue weighted by Gasteiger charge is 2.24. The number of fused-ring (bicyclic) bond motifs is 1. The Morgan fingerprint density at radius 3 is 2.72 bits per heavy atom. The maximum absolute atomic E-state index is 12.6. The minimum absolute atomic E-state index is 0.0713. The quantitative estimate of drug-likeness (QED) is 0.666. The molecule has 1 amide bonds. The van der Waals surface area contributed by atoms with E-state index in [2.05, 4.69) is 20.2 Å². The summed E-state index contributed by atoms with van der Waals surface area (Å²) < 4.78 is 5.28. The van der Waals surface area contributed by atoms with Crippen LogP contribution in [0.5, 0.6) is 5.75 Å². The summed E-state index contributed by atoms with van der Waals surface area (Å²) in [6.07, 6.45) is 3.20. The van der Waals surface area contributed by atoms with Crippen LogP contribution in [-0.4, -0.2) is 42.1 Å². The van der Waals surface area contributed by atoms with Crippen molar-refractivity contribution in [2.45, 2.75) is 18.9 Å². The second kappa shape index (κ2) is 8.43. The smallest absolute Gasteiger partial charge is 0.253 e. The van der Waals surface area contributed by atoms with E-state index in [4.69, 9.17) is 27.9 Å². The molecule has 0 unspecified atom stereocenters. The first-order chi connectivity index (χ1) is 14.1. The van der Waals surface area contributed by atoms with Crippen LogP contribution in [0.2, 0.25) is 10.0 Å². The SMILES string of the molecule is COc1ccc2c(N3CCC(NC(=O)c4cccc(Cl)c4Cl)CC3)ncnc2c1. The molecule has 1 aliphatic rings. The normalized spacial score (nSPS) is 14.8. The Hall–Kier alpha value is -2.57. The number of rotatable bonds is 4. The predicted molar refractivity (Wildman–Crippen MR) is 115 cm³/mol. The number of benzene rings is 2. The van der Waals surface area contributed by atoms with Gasteiger partial charge in [-0.05, 0) is 37.1 Å². The van der Waals surface area contributed by atoms with Crippen molar-refractivity contribution < 1.29 is 9.53 Å². The van der Waals surface area contributed by atoms with E-state index < -0.39 is 0 Å². The minimum Gasteiger partial charge on any atom is -0.497 e. The lowest BCUT2D eigenvalue weighted by Crippen LogP contribution is -2.45. The van der Waals surface area contributed by atoms with Gasteiger partial charge in [-0.25, -0.2) is 9.97 Å². The first-order valence-corrected chi connectivity index (χ1v) is 10.1. The number of aromatic nitrogens is 2. The maximum atomic E-state index is 12.6. The molecule has 8 heteroatoms. The number of nitrogens with one attached hydrogen (secondary N) is 1. The van der Waals surface area contributed by atoms with Crippen molar-refractivity contribution in [2.75, 3.05) is 25.1 Å². The van der Waals surface area contributed by atoms with Gasteiger partial charge in [0, 0.05) is 30.6 Å². The fraction of sp³-hybridized carbons (Fsp3) is 0.286. The van der Waals surface area contributed by atoms with Crippen LogP contribution in [0.1, 0.15) is 23.2 Å². The molecule has 0 saturated carbocycles. The number of nitrogens with zero attached hydrogens (tertiary/aromatic N) is 3. The maximum Gasteiger partial charge on any atom is 0.253 e. The lowest BCUT2D eigenvalue weighted by molar-refractivity contribution is 0.0931. The number of carbonyl (C=O) groups is 1. The molecule has 0 spiro atoms. The van der Waals surface area contributed by atoms with Gasteiger partial charge >= 0.3 is 0 Å². The zero-order valence-electron chi connectivity index (χ0n) is 15.9. The van der Waals surface area contributed by atoms with Crippen molar-refractivity contribution in [3.63, 3.8) is 0 Å². The number of ether oxygens (including phenoxy) is 1. The summed E-state index contributed by atoms with van der Waals surface area (Å²) in [4.78, 5) is 23.6. The molecule has 4 rings (SSSR count). The van der Waals surface area contributed by atoms with Crippen LogP contribution in [0.4, 0.5) is 5.82 Å². The van der Waals surface area contributed by atoms with E-state index in [1.807, 2.05) is 18.2 Å². The topological polar surface area (TPSA) is 67.3 Å². The molecule has 2 heterocycles. The summed E-state index contributed by atoms with van der Waals surface area (Å²) in [6.45, 7) is 1.57. The number of hydrogen-bond donors (Lipinski definition) is 1. The molecule has 1 aromatic heterocycles. The lowest BCUT2D eigenvalue weighted by atomic mass is 10.0. The molecule has 0 aliphatic carbocycles. The molecule has 1 N–H and O–H groups in total. The zero-order chi connectivity index (χ0) is 20.4. The van der Waals surface area contributed by atoms with E-state index in [0.29, 0.717) is 10.6 Å². The van der Waals surface area contributed by atoms with Crippen molar-refractivity contribution in [3.05, 3.63) is 58.3 Å². The summed E-state index contributed by atoms with van der Waals surface area (Å²) in [6, 6.07) is 10.9. The Balaban J connectivity index is 1.44. The zero-order valence-corrected chi connectivity index (χ0v) is 17.4. The van der Waals surface area contributed by atoms with Gasteiger partial charge in [0.25, 0.3) is 5.91 Å². The Morgan fingerprint density at radius 2 is 1.97 bits per heavy atom. The van der Waals surface area contributed by atoms with E-state index in [-0.39, 0.29) is 17.0 Å². The highest BCUT2D eigenvalue weighted by atomic mass is 35.5. The van der Waals surface area contributed by atoms with Crippen molar-refractivity contribution in [2.24, 2.45) is 0 Å². The number of anilines is 1. The minimum atomic E-state index is -0.199. The van der Waals surface area contributed by atoms with Crippen molar-refractivity contribution >= 4 is 45.8 Å². The fourth-order valence-corrected chi connectivity index (χ4v) is 3.97. The van der Waals surface area contributed by atoms with Gasteiger partial charge in [0.05, 0.1) is 28.2 Å². The largest absolute Gasteiger partial charge is 0.497 e. The van der Waals surface area contributed by atoms with Gasteiger partial charge in [0.2, 0.25) is 0 Å². The second-order valence-electron chi connectivity index (χ2n) is 6.92. The van der Waals surface area contributed by atoms with E-state index in [0.717, 1.165) is 48.4 Å². The van der Waals surface area contributed by atoms with Gasteiger partial charge in [0.15, 0.2) is 0 Å². The average molecular weight is 431 g/mol. The van der Waals surface area contributed by atoms with E-state index in [9.17, 15) is 4.79 Å². The molecule has 1 fully saturated rings. The van der Waals surface area contributed by atoms with Crippen LogP contribution in [0.25, 0.3) is 10.9 Å². The molecule has 2 aromatic carbocycles. The van der Waals surface area contributed by atoms with Gasteiger partial charge in [-0.15, -0.1) is 0 Å². The molecule has 0 bridgehead atoms. The Kier molecular flexibility index (Phi) is 5.74. The van der Waals surface area contributed by atoms with Crippen LogP contribution in [-0.2, 0) is 0 Å². The molecule has 0 atom stereocenters.